The van der Waals surface area contributed by atoms with Crippen LogP contribution in [0.1, 0.15) is 28.8 Å². The summed E-state index contributed by atoms with van der Waals surface area (Å²) in [5, 5.41) is 0. The molecule has 0 atom stereocenters. The number of amides is 2. The number of rotatable bonds is 4. The van der Waals surface area contributed by atoms with E-state index in [0.29, 0.717) is 43.0 Å². The number of benzene rings is 1. The molecule has 1 aliphatic rings. The molecule has 22 heavy (non-hydrogen) atoms. The maximum atomic E-state index is 12.6. The minimum absolute atomic E-state index is 0.0838. The van der Waals surface area contributed by atoms with Crippen molar-refractivity contribution < 1.29 is 19.1 Å². The minimum Gasteiger partial charge on any atom is -0.496 e. The van der Waals surface area contributed by atoms with Gasteiger partial charge >= 0.3 is 0 Å². The van der Waals surface area contributed by atoms with E-state index >= 15 is 0 Å². The van der Waals surface area contributed by atoms with Crippen LogP contribution >= 0.6 is 0 Å². The maximum absolute atomic E-state index is 12.6. The van der Waals surface area contributed by atoms with E-state index < -0.39 is 0 Å². The topological polar surface area (TPSA) is 81.9 Å². The highest BCUT2D eigenvalue weighted by Gasteiger charge is 2.27. The van der Waals surface area contributed by atoms with Crippen molar-refractivity contribution in [1.29, 1.82) is 0 Å². The molecular weight excluding hydrogens is 284 g/mol. The SMILES string of the molecule is COc1cc(C(=O)N2CCC(C(N)=O)CC2)cc(OC)c1C. The molecule has 6 nitrogen and oxygen atoms in total. The van der Waals surface area contributed by atoms with Crippen LogP contribution in [0.5, 0.6) is 11.5 Å². The van der Waals surface area contributed by atoms with Gasteiger partial charge in [-0.1, -0.05) is 0 Å². The van der Waals surface area contributed by atoms with Crippen LogP contribution < -0.4 is 15.2 Å². The van der Waals surface area contributed by atoms with Gasteiger partial charge in [0.15, 0.2) is 0 Å². The van der Waals surface area contributed by atoms with E-state index in [-0.39, 0.29) is 17.7 Å². The number of methoxy groups -OCH3 is 2. The fourth-order valence-corrected chi connectivity index (χ4v) is 2.76. The Hall–Kier alpha value is -2.24. The van der Waals surface area contributed by atoms with E-state index in [2.05, 4.69) is 0 Å². The van der Waals surface area contributed by atoms with Crippen LogP contribution in [0.15, 0.2) is 12.1 Å². The Bertz CT molecular complexity index is 553. The third kappa shape index (κ3) is 3.16. The molecule has 0 radical (unpaired) electrons. The molecule has 120 valence electrons. The highest BCUT2D eigenvalue weighted by molar-refractivity contribution is 5.95. The zero-order chi connectivity index (χ0) is 16.3. The van der Waals surface area contributed by atoms with E-state index in [4.69, 9.17) is 15.2 Å². The average molecular weight is 306 g/mol. The van der Waals surface area contributed by atoms with Crippen molar-refractivity contribution >= 4 is 11.8 Å². The van der Waals surface area contributed by atoms with E-state index in [1.165, 1.54) is 0 Å². The van der Waals surface area contributed by atoms with Gasteiger partial charge in [0.2, 0.25) is 5.91 Å². The van der Waals surface area contributed by atoms with Gasteiger partial charge in [-0.3, -0.25) is 9.59 Å². The number of likely N-dealkylation sites (tertiary alicyclic amines) is 1. The van der Waals surface area contributed by atoms with Crippen molar-refractivity contribution in [3.05, 3.63) is 23.3 Å². The zero-order valence-electron chi connectivity index (χ0n) is 13.2. The molecule has 1 aliphatic heterocycles. The standard InChI is InChI=1S/C16H22N2O4/c1-10-13(21-2)8-12(9-14(10)22-3)16(20)18-6-4-11(5-7-18)15(17)19/h8-9,11H,4-7H2,1-3H3,(H2,17,19). The Kier molecular flexibility index (Phi) is 4.90. The summed E-state index contributed by atoms with van der Waals surface area (Å²) in [4.78, 5) is 25.6. The van der Waals surface area contributed by atoms with Gasteiger partial charge in [-0.2, -0.15) is 0 Å². The number of carbonyl (C=O) groups excluding carboxylic acids is 2. The van der Waals surface area contributed by atoms with Crippen molar-refractivity contribution in [3.8, 4) is 11.5 Å². The second kappa shape index (κ2) is 6.68. The molecule has 2 amide bonds. The number of hydrogen-bond acceptors (Lipinski definition) is 4. The Morgan fingerprint density at radius 1 is 1.14 bits per heavy atom. The first-order valence-corrected chi connectivity index (χ1v) is 7.29. The lowest BCUT2D eigenvalue weighted by molar-refractivity contribution is -0.123. The predicted molar refractivity (Wildman–Crippen MR) is 82.1 cm³/mol. The molecule has 0 unspecified atom stereocenters. The van der Waals surface area contributed by atoms with Crippen LogP contribution in [0.2, 0.25) is 0 Å². The molecule has 1 heterocycles. The number of carbonyl (C=O) groups is 2. The van der Waals surface area contributed by atoms with E-state index in [0.717, 1.165) is 5.56 Å². The first-order valence-electron chi connectivity index (χ1n) is 7.29. The number of nitrogens with two attached hydrogens (primary N) is 1. The van der Waals surface area contributed by atoms with Gasteiger partial charge in [0, 0.05) is 30.1 Å². The summed E-state index contributed by atoms with van der Waals surface area (Å²) in [6.07, 6.45) is 1.22. The molecule has 1 saturated heterocycles. The summed E-state index contributed by atoms with van der Waals surface area (Å²) in [6.45, 7) is 2.94. The number of piperidine rings is 1. The first-order chi connectivity index (χ1) is 10.5. The number of hydrogen-bond donors (Lipinski definition) is 1. The number of primary amides is 1. The molecule has 1 aromatic carbocycles. The summed E-state index contributed by atoms with van der Waals surface area (Å²) >= 11 is 0. The smallest absolute Gasteiger partial charge is 0.254 e. The van der Waals surface area contributed by atoms with Gasteiger partial charge < -0.3 is 20.1 Å². The van der Waals surface area contributed by atoms with Crippen molar-refractivity contribution in [2.24, 2.45) is 11.7 Å². The molecule has 2 N–H and O–H groups in total. The lowest BCUT2D eigenvalue weighted by Gasteiger charge is -2.30. The molecule has 0 aromatic heterocycles. The quantitative estimate of drug-likeness (QED) is 0.910. The Balaban J connectivity index is 2.18. The van der Waals surface area contributed by atoms with Gasteiger partial charge in [0.05, 0.1) is 14.2 Å². The monoisotopic (exact) mass is 306 g/mol. The van der Waals surface area contributed by atoms with E-state index in [9.17, 15) is 9.59 Å². The van der Waals surface area contributed by atoms with E-state index in [1.54, 1.807) is 31.3 Å². The normalized spacial score (nSPS) is 15.5. The van der Waals surface area contributed by atoms with E-state index in [1.807, 2.05) is 6.92 Å². The van der Waals surface area contributed by atoms with Gasteiger partial charge in [0.1, 0.15) is 11.5 Å². The highest BCUT2D eigenvalue weighted by atomic mass is 16.5. The summed E-state index contributed by atoms with van der Waals surface area (Å²) in [5.74, 6) is 0.737. The fraction of sp³-hybridized carbons (Fsp3) is 0.500. The van der Waals surface area contributed by atoms with Crippen LogP contribution in [-0.2, 0) is 4.79 Å². The van der Waals surface area contributed by atoms with Gasteiger partial charge in [-0.15, -0.1) is 0 Å². The second-order valence-corrected chi connectivity index (χ2v) is 5.47. The average Bonchev–Trinajstić information content (AvgIpc) is 2.54. The molecule has 0 spiro atoms. The minimum atomic E-state index is -0.286. The Labute approximate surface area is 130 Å². The Morgan fingerprint density at radius 2 is 1.64 bits per heavy atom. The maximum Gasteiger partial charge on any atom is 0.254 e. The molecule has 0 aliphatic carbocycles. The Morgan fingerprint density at radius 3 is 2.05 bits per heavy atom. The fourth-order valence-electron chi connectivity index (χ4n) is 2.76. The highest BCUT2D eigenvalue weighted by Crippen LogP contribution is 2.30. The summed E-state index contributed by atoms with van der Waals surface area (Å²) in [5.41, 5.74) is 6.70. The van der Waals surface area contributed by atoms with Crippen LogP contribution in [0.4, 0.5) is 0 Å². The summed E-state index contributed by atoms with van der Waals surface area (Å²) in [7, 11) is 3.13. The molecule has 0 bridgehead atoms. The van der Waals surface area contributed by atoms with Crippen LogP contribution in [-0.4, -0.2) is 44.0 Å². The van der Waals surface area contributed by atoms with Gasteiger partial charge in [0.25, 0.3) is 5.91 Å². The molecule has 6 heteroatoms. The predicted octanol–water partition coefficient (Wildman–Crippen LogP) is 1.35. The molecule has 1 fully saturated rings. The van der Waals surface area contributed by atoms with Gasteiger partial charge in [-0.25, -0.2) is 0 Å². The second-order valence-electron chi connectivity index (χ2n) is 5.47. The lowest BCUT2D eigenvalue weighted by Crippen LogP contribution is -2.41. The third-order valence-corrected chi connectivity index (χ3v) is 4.18. The van der Waals surface area contributed by atoms with Crippen LogP contribution in [0.3, 0.4) is 0 Å². The zero-order valence-corrected chi connectivity index (χ0v) is 13.2. The van der Waals surface area contributed by atoms with Crippen molar-refractivity contribution in [2.45, 2.75) is 19.8 Å². The molecular formula is C16H22N2O4. The van der Waals surface area contributed by atoms with Crippen molar-refractivity contribution in [1.82, 2.24) is 4.90 Å². The van der Waals surface area contributed by atoms with Crippen molar-refractivity contribution in [2.75, 3.05) is 27.3 Å². The first kappa shape index (κ1) is 16.1. The molecule has 2 rings (SSSR count). The van der Waals surface area contributed by atoms with Gasteiger partial charge in [-0.05, 0) is 31.9 Å². The third-order valence-electron chi connectivity index (χ3n) is 4.18. The van der Waals surface area contributed by atoms with Crippen molar-refractivity contribution in [3.63, 3.8) is 0 Å². The molecule has 0 saturated carbocycles. The molecule has 1 aromatic rings. The van der Waals surface area contributed by atoms with Crippen LogP contribution in [0.25, 0.3) is 0 Å². The van der Waals surface area contributed by atoms with Crippen LogP contribution in [0, 0.1) is 12.8 Å². The number of ether oxygens (including phenoxy) is 2. The lowest BCUT2D eigenvalue weighted by atomic mass is 9.95. The number of nitrogens with zero attached hydrogens (tertiary/aromatic N) is 1. The summed E-state index contributed by atoms with van der Waals surface area (Å²) in [6, 6.07) is 3.45. The summed E-state index contributed by atoms with van der Waals surface area (Å²) < 4.78 is 10.6. The largest absolute Gasteiger partial charge is 0.496 e.